The fourth-order valence-electron chi connectivity index (χ4n) is 4.68. The summed E-state index contributed by atoms with van der Waals surface area (Å²) < 4.78 is 5.55. The molecule has 0 fully saturated rings. The summed E-state index contributed by atoms with van der Waals surface area (Å²) in [5, 5.41) is 9.13. The molecule has 1 heterocycles. The lowest BCUT2D eigenvalue weighted by molar-refractivity contribution is -0.144. The Balaban J connectivity index is 1.52. The molecule has 0 bridgehead atoms. The van der Waals surface area contributed by atoms with Crippen LogP contribution in [0.1, 0.15) is 49.3 Å². The van der Waals surface area contributed by atoms with E-state index in [-0.39, 0.29) is 5.92 Å². The highest BCUT2D eigenvalue weighted by Crippen LogP contribution is 2.35. The number of aryl methyl sites for hydroxylation is 1. The molecule has 0 amide bonds. The summed E-state index contributed by atoms with van der Waals surface area (Å²) in [6.45, 7) is 4.59. The maximum Gasteiger partial charge on any atom is 0.344 e. The van der Waals surface area contributed by atoms with Crippen LogP contribution in [0.4, 0.5) is 0 Å². The van der Waals surface area contributed by atoms with Gasteiger partial charge in [0, 0.05) is 24.4 Å². The zero-order valence-corrected chi connectivity index (χ0v) is 21.6. The molecule has 1 aliphatic rings. The van der Waals surface area contributed by atoms with Gasteiger partial charge < -0.3 is 14.7 Å². The molecule has 190 valence electrons. The molecule has 3 aromatic carbocycles. The van der Waals surface area contributed by atoms with Crippen LogP contribution in [-0.4, -0.2) is 28.6 Å². The van der Waals surface area contributed by atoms with E-state index in [4.69, 9.17) is 9.84 Å². The van der Waals surface area contributed by atoms with Gasteiger partial charge in [-0.3, -0.25) is 0 Å². The fraction of sp³-hybridized carbons (Fsp3) is 0.242. The van der Waals surface area contributed by atoms with Crippen molar-refractivity contribution in [2.24, 2.45) is 0 Å². The standard InChI is InChI=1S/C33H35NO3/c1-3-12-30-21-20-29(32(27-15-6-4-7-16-27)28-17-8-5-9-18-28)24-34(30)22-11-14-26-13-10-19-31(23-26)37-25(2)33(35)36/h4-10,12-13,15-21,23-25,32H,3,11,14,22H2,1-2H3,(H,35,36)/b30-12-. The molecule has 4 heteroatoms. The number of carboxylic acids is 1. The van der Waals surface area contributed by atoms with E-state index in [1.807, 2.05) is 18.2 Å². The van der Waals surface area contributed by atoms with Gasteiger partial charge in [0.25, 0.3) is 0 Å². The maximum atomic E-state index is 11.1. The Morgan fingerprint density at radius 3 is 2.24 bits per heavy atom. The third kappa shape index (κ3) is 7.01. The fourth-order valence-corrected chi connectivity index (χ4v) is 4.68. The minimum atomic E-state index is -0.967. The molecule has 0 saturated heterocycles. The van der Waals surface area contributed by atoms with Crippen LogP contribution in [0, 0.1) is 0 Å². The summed E-state index contributed by atoms with van der Waals surface area (Å²) >= 11 is 0. The number of benzene rings is 3. The second-order valence-electron chi connectivity index (χ2n) is 9.30. The van der Waals surface area contributed by atoms with E-state index in [0.717, 1.165) is 31.4 Å². The quantitative estimate of drug-likeness (QED) is 0.303. The maximum absolute atomic E-state index is 11.1. The second-order valence-corrected chi connectivity index (χ2v) is 9.30. The lowest BCUT2D eigenvalue weighted by atomic mass is 9.84. The summed E-state index contributed by atoms with van der Waals surface area (Å²) in [6, 6.07) is 29.1. The van der Waals surface area contributed by atoms with E-state index in [1.54, 1.807) is 6.92 Å². The molecule has 0 aliphatic carbocycles. The highest BCUT2D eigenvalue weighted by molar-refractivity contribution is 5.72. The average molecular weight is 494 g/mol. The molecule has 4 rings (SSSR count). The summed E-state index contributed by atoms with van der Waals surface area (Å²) in [4.78, 5) is 13.5. The van der Waals surface area contributed by atoms with E-state index in [1.165, 1.54) is 22.4 Å². The minimum absolute atomic E-state index is 0.161. The van der Waals surface area contributed by atoms with Crippen molar-refractivity contribution in [1.82, 2.24) is 4.90 Å². The minimum Gasteiger partial charge on any atom is -0.479 e. The van der Waals surface area contributed by atoms with Crippen molar-refractivity contribution in [1.29, 1.82) is 0 Å². The number of allylic oxidation sites excluding steroid dienone is 4. The van der Waals surface area contributed by atoms with Crippen molar-refractivity contribution >= 4 is 5.97 Å². The SMILES string of the molecule is CC/C=C1/C=CC(C(c2ccccc2)c2ccccc2)=CN1CCCc1cccc(OC(C)C(=O)O)c1. The largest absolute Gasteiger partial charge is 0.479 e. The van der Waals surface area contributed by atoms with Crippen molar-refractivity contribution in [3.63, 3.8) is 0 Å². The van der Waals surface area contributed by atoms with Gasteiger partial charge >= 0.3 is 5.97 Å². The molecular formula is C33H35NO3. The first-order valence-corrected chi connectivity index (χ1v) is 13.0. The zero-order valence-electron chi connectivity index (χ0n) is 21.6. The van der Waals surface area contributed by atoms with E-state index >= 15 is 0 Å². The van der Waals surface area contributed by atoms with Crippen molar-refractivity contribution in [2.45, 2.75) is 45.1 Å². The van der Waals surface area contributed by atoms with E-state index in [9.17, 15) is 4.79 Å². The first-order chi connectivity index (χ1) is 18.0. The van der Waals surface area contributed by atoms with Crippen LogP contribution in [0.3, 0.4) is 0 Å². The molecule has 0 radical (unpaired) electrons. The first-order valence-electron chi connectivity index (χ1n) is 13.0. The summed E-state index contributed by atoms with van der Waals surface area (Å²) in [7, 11) is 0. The predicted molar refractivity (Wildman–Crippen MR) is 150 cm³/mol. The lowest BCUT2D eigenvalue weighted by Crippen LogP contribution is -2.23. The number of hydrogen-bond acceptors (Lipinski definition) is 3. The molecule has 1 N–H and O–H groups in total. The normalized spacial score (nSPS) is 15.1. The van der Waals surface area contributed by atoms with Crippen molar-refractivity contribution in [3.8, 4) is 5.75 Å². The number of aliphatic carboxylic acids is 1. The summed E-state index contributed by atoms with van der Waals surface area (Å²) in [5.74, 6) is -0.212. The molecule has 37 heavy (non-hydrogen) atoms. The third-order valence-electron chi connectivity index (χ3n) is 6.52. The Morgan fingerprint density at radius 2 is 1.62 bits per heavy atom. The van der Waals surface area contributed by atoms with Crippen molar-refractivity contribution in [2.75, 3.05) is 6.54 Å². The van der Waals surface area contributed by atoms with Crippen molar-refractivity contribution < 1.29 is 14.6 Å². The van der Waals surface area contributed by atoms with E-state index < -0.39 is 12.1 Å². The Kier molecular flexibility index (Phi) is 8.98. The molecule has 0 spiro atoms. The molecule has 1 atom stereocenters. The van der Waals surface area contributed by atoms with E-state index in [2.05, 4.69) is 103 Å². The van der Waals surface area contributed by atoms with Crippen LogP contribution in [0.5, 0.6) is 5.75 Å². The van der Waals surface area contributed by atoms with Gasteiger partial charge in [0.05, 0.1) is 0 Å². The first kappa shape index (κ1) is 26.0. The number of carboxylic acid groups (broad SMARTS) is 1. The molecule has 1 aliphatic heterocycles. The highest BCUT2D eigenvalue weighted by Gasteiger charge is 2.21. The number of hydrogen-bond donors (Lipinski definition) is 1. The zero-order chi connectivity index (χ0) is 26.0. The van der Waals surface area contributed by atoms with Gasteiger partial charge in [-0.1, -0.05) is 91.9 Å². The molecule has 3 aromatic rings. The lowest BCUT2D eigenvalue weighted by Gasteiger charge is -2.30. The topological polar surface area (TPSA) is 49.8 Å². The van der Waals surface area contributed by atoms with Crippen molar-refractivity contribution in [3.05, 3.63) is 137 Å². The predicted octanol–water partition coefficient (Wildman–Crippen LogP) is 7.35. The van der Waals surface area contributed by atoms with Crippen LogP contribution in [-0.2, 0) is 11.2 Å². The van der Waals surface area contributed by atoms with Crippen LogP contribution in [0.25, 0.3) is 0 Å². The number of ether oxygens (including phenoxy) is 1. The third-order valence-corrected chi connectivity index (χ3v) is 6.52. The highest BCUT2D eigenvalue weighted by atomic mass is 16.5. The average Bonchev–Trinajstić information content (AvgIpc) is 2.92. The monoisotopic (exact) mass is 493 g/mol. The molecule has 1 unspecified atom stereocenters. The second kappa shape index (κ2) is 12.8. The molecule has 0 saturated carbocycles. The summed E-state index contributed by atoms with van der Waals surface area (Å²) in [5.41, 5.74) is 6.18. The Bertz CT molecular complexity index is 1220. The van der Waals surface area contributed by atoms with E-state index in [0.29, 0.717) is 5.75 Å². The van der Waals surface area contributed by atoms with Gasteiger partial charge in [-0.05, 0) is 66.7 Å². The van der Waals surface area contributed by atoms with Crippen LogP contribution < -0.4 is 4.74 Å². The van der Waals surface area contributed by atoms with Crippen LogP contribution >= 0.6 is 0 Å². The summed E-state index contributed by atoms with van der Waals surface area (Å²) in [6.07, 6.45) is 11.0. The van der Waals surface area contributed by atoms with Gasteiger partial charge in [-0.25, -0.2) is 4.79 Å². The van der Waals surface area contributed by atoms with Crippen LogP contribution in [0.15, 0.2) is 121 Å². The molecule has 4 nitrogen and oxygen atoms in total. The Morgan fingerprint density at radius 1 is 0.946 bits per heavy atom. The smallest absolute Gasteiger partial charge is 0.344 e. The van der Waals surface area contributed by atoms with Gasteiger partial charge in [0.15, 0.2) is 6.10 Å². The number of nitrogens with zero attached hydrogens (tertiary/aromatic N) is 1. The number of carbonyl (C=O) groups is 1. The van der Waals surface area contributed by atoms with Gasteiger partial charge in [0.2, 0.25) is 0 Å². The van der Waals surface area contributed by atoms with Gasteiger partial charge in [-0.15, -0.1) is 0 Å². The molecule has 0 aromatic heterocycles. The Hall–Kier alpha value is -4.05. The van der Waals surface area contributed by atoms with Gasteiger partial charge in [-0.2, -0.15) is 0 Å². The Labute approximate surface area is 220 Å². The van der Waals surface area contributed by atoms with Crippen LogP contribution in [0.2, 0.25) is 0 Å². The number of rotatable bonds is 11. The van der Waals surface area contributed by atoms with Gasteiger partial charge in [0.1, 0.15) is 5.75 Å². The molecular weight excluding hydrogens is 458 g/mol.